The van der Waals surface area contributed by atoms with E-state index in [0.29, 0.717) is 5.89 Å². The van der Waals surface area contributed by atoms with Gasteiger partial charge in [-0.1, -0.05) is 18.5 Å². The molecule has 0 bridgehead atoms. The van der Waals surface area contributed by atoms with Gasteiger partial charge in [0.1, 0.15) is 0 Å². The average Bonchev–Trinajstić information content (AvgIpc) is 2.71. The Morgan fingerprint density at radius 1 is 1.53 bits per heavy atom. The van der Waals surface area contributed by atoms with Crippen LogP contribution in [0.4, 0.5) is 0 Å². The summed E-state index contributed by atoms with van der Waals surface area (Å²) >= 11 is 1.78. The van der Waals surface area contributed by atoms with Crippen molar-refractivity contribution in [1.29, 1.82) is 0 Å². The molecule has 0 saturated carbocycles. The molecule has 1 atom stereocenters. The summed E-state index contributed by atoms with van der Waals surface area (Å²) in [6.07, 6.45) is 6.07. The second-order valence-electron chi connectivity index (χ2n) is 3.54. The molecule has 2 N–H and O–H groups in total. The van der Waals surface area contributed by atoms with Gasteiger partial charge in [-0.3, -0.25) is 0 Å². The molecule has 1 aromatic rings. The maximum atomic E-state index is 5.91. The minimum Gasteiger partial charge on any atom is -0.338 e. The van der Waals surface area contributed by atoms with Crippen molar-refractivity contribution in [1.82, 2.24) is 10.1 Å². The minimum atomic E-state index is -0.111. The zero-order valence-electron chi connectivity index (χ0n) is 9.40. The number of hydrogen-bond donors (Lipinski definition) is 1. The largest absolute Gasteiger partial charge is 0.338 e. The van der Waals surface area contributed by atoms with Gasteiger partial charge < -0.3 is 10.3 Å². The Kier molecular flexibility index (Phi) is 5.71. The topological polar surface area (TPSA) is 64.9 Å². The van der Waals surface area contributed by atoms with Gasteiger partial charge in [-0.15, -0.1) is 0 Å². The molecule has 0 unspecified atom stereocenters. The van der Waals surface area contributed by atoms with E-state index < -0.39 is 0 Å². The van der Waals surface area contributed by atoms with Crippen LogP contribution in [0.1, 0.15) is 43.9 Å². The van der Waals surface area contributed by atoms with Crippen molar-refractivity contribution in [3.05, 3.63) is 11.7 Å². The van der Waals surface area contributed by atoms with E-state index in [0.717, 1.165) is 37.3 Å². The Morgan fingerprint density at radius 2 is 2.33 bits per heavy atom. The normalized spacial score (nSPS) is 13.0. The van der Waals surface area contributed by atoms with Crippen molar-refractivity contribution < 1.29 is 4.52 Å². The molecular formula is C10H19N3OS. The van der Waals surface area contributed by atoms with Crippen molar-refractivity contribution in [2.75, 3.05) is 12.0 Å². The van der Waals surface area contributed by atoms with Crippen LogP contribution in [0.15, 0.2) is 4.52 Å². The van der Waals surface area contributed by atoms with E-state index in [4.69, 9.17) is 10.3 Å². The van der Waals surface area contributed by atoms with Crippen molar-refractivity contribution in [3.63, 3.8) is 0 Å². The zero-order chi connectivity index (χ0) is 11.1. The van der Waals surface area contributed by atoms with Crippen LogP contribution < -0.4 is 5.73 Å². The van der Waals surface area contributed by atoms with Crippen LogP contribution in [-0.2, 0) is 6.42 Å². The van der Waals surface area contributed by atoms with Gasteiger partial charge in [0, 0.05) is 6.42 Å². The number of aromatic nitrogens is 2. The van der Waals surface area contributed by atoms with Crippen molar-refractivity contribution in [2.24, 2.45) is 5.73 Å². The molecule has 1 heterocycles. The second kappa shape index (κ2) is 6.85. The third-order valence-corrected chi connectivity index (χ3v) is 2.83. The van der Waals surface area contributed by atoms with Crippen LogP contribution in [0.25, 0.3) is 0 Å². The highest BCUT2D eigenvalue weighted by Gasteiger charge is 2.13. The second-order valence-corrected chi connectivity index (χ2v) is 4.53. The highest BCUT2D eigenvalue weighted by atomic mass is 32.2. The Bertz CT molecular complexity index is 277. The number of hydrogen-bond acceptors (Lipinski definition) is 5. The van der Waals surface area contributed by atoms with E-state index in [-0.39, 0.29) is 6.04 Å². The molecule has 0 fully saturated rings. The van der Waals surface area contributed by atoms with Gasteiger partial charge in [0.25, 0.3) is 0 Å². The summed E-state index contributed by atoms with van der Waals surface area (Å²) in [5.41, 5.74) is 5.91. The molecular weight excluding hydrogens is 210 g/mol. The predicted molar refractivity (Wildman–Crippen MR) is 62.8 cm³/mol. The van der Waals surface area contributed by atoms with Gasteiger partial charge in [-0.05, 0) is 24.9 Å². The molecule has 0 radical (unpaired) electrons. The third-order valence-electron chi connectivity index (χ3n) is 2.19. The molecule has 0 aliphatic carbocycles. The molecule has 4 nitrogen and oxygen atoms in total. The SMILES string of the molecule is CCCCc1noc([C@H](N)CCSC)n1. The predicted octanol–water partition coefficient (Wildman–Crippen LogP) is 2.17. The van der Waals surface area contributed by atoms with E-state index in [1.54, 1.807) is 11.8 Å². The maximum absolute atomic E-state index is 5.91. The van der Waals surface area contributed by atoms with E-state index in [9.17, 15) is 0 Å². The lowest BCUT2D eigenvalue weighted by Gasteiger charge is -2.03. The van der Waals surface area contributed by atoms with Crippen molar-refractivity contribution >= 4 is 11.8 Å². The number of unbranched alkanes of at least 4 members (excludes halogenated alkanes) is 1. The molecule has 0 aliphatic heterocycles. The summed E-state index contributed by atoms with van der Waals surface area (Å²) in [7, 11) is 0. The van der Waals surface area contributed by atoms with Crippen molar-refractivity contribution in [3.8, 4) is 0 Å². The van der Waals surface area contributed by atoms with Crippen LogP contribution in [0, 0.1) is 0 Å². The standard InChI is InChI=1S/C10H19N3OS/c1-3-4-5-9-12-10(14-13-9)8(11)6-7-15-2/h8H,3-7,11H2,1-2H3/t8-/m1/s1. The lowest BCUT2D eigenvalue weighted by molar-refractivity contribution is 0.348. The number of rotatable bonds is 7. The molecule has 0 saturated heterocycles. The van der Waals surface area contributed by atoms with Gasteiger partial charge in [-0.25, -0.2) is 0 Å². The highest BCUT2D eigenvalue weighted by Crippen LogP contribution is 2.14. The molecule has 0 aliphatic rings. The Labute approximate surface area is 95.0 Å². The first-order valence-corrected chi connectivity index (χ1v) is 6.74. The minimum absolute atomic E-state index is 0.111. The molecule has 15 heavy (non-hydrogen) atoms. The van der Waals surface area contributed by atoms with E-state index >= 15 is 0 Å². The van der Waals surface area contributed by atoms with Gasteiger partial charge >= 0.3 is 0 Å². The molecule has 0 aromatic carbocycles. The third kappa shape index (κ3) is 4.22. The number of aryl methyl sites for hydroxylation is 1. The van der Waals surface area contributed by atoms with Gasteiger partial charge in [0.05, 0.1) is 6.04 Å². The Morgan fingerprint density at radius 3 is 3.00 bits per heavy atom. The quantitative estimate of drug-likeness (QED) is 0.776. The lowest BCUT2D eigenvalue weighted by Crippen LogP contribution is -2.11. The smallest absolute Gasteiger partial charge is 0.243 e. The Balaban J connectivity index is 2.43. The van der Waals surface area contributed by atoms with Gasteiger partial charge in [0.15, 0.2) is 5.82 Å². The van der Waals surface area contributed by atoms with E-state index in [1.165, 1.54) is 0 Å². The van der Waals surface area contributed by atoms with Crippen molar-refractivity contribution in [2.45, 2.75) is 38.6 Å². The van der Waals surface area contributed by atoms with E-state index in [1.807, 2.05) is 0 Å². The average molecular weight is 229 g/mol. The maximum Gasteiger partial charge on any atom is 0.243 e. The van der Waals surface area contributed by atoms with Gasteiger partial charge in [-0.2, -0.15) is 16.7 Å². The summed E-state index contributed by atoms with van der Waals surface area (Å²) in [5, 5.41) is 3.91. The monoisotopic (exact) mass is 229 g/mol. The van der Waals surface area contributed by atoms with Crippen LogP contribution >= 0.6 is 11.8 Å². The van der Waals surface area contributed by atoms with Crippen LogP contribution in [0.3, 0.4) is 0 Å². The highest BCUT2D eigenvalue weighted by molar-refractivity contribution is 7.98. The molecule has 1 aromatic heterocycles. The fraction of sp³-hybridized carbons (Fsp3) is 0.800. The lowest BCUT2D eigenvalue weighted by atomic mass is 10.2. The summed E-state index contributed by atoms with van der Waals surface area (Å²) in [6.45, 7) is 2.14. The Hall–Kier alpha value is -0.550. The first-order valence-electron chi connectivity index (χ1n) is 5.35. The zero-order valence-corrected chi connectivity index (χ0v) is 10.2. The molecule has 5 heteroatoms. The van der Waals surface area contributed by atoms with Gasteiger partial charge in [0.2, 0.25) is 5.89 Å². The van der Waals surface area contributed by atoms with Crippen LogP contribution in [-0.4, -0.2) is 22.1 Å². The number of thioether (sulfide) groups is 1. The van der Waals surface area contributed by atoms with Crippen LogP contribution in [0.5, 0.6) is 0 Å². The first-order chi connectivity index (χ1) is 7.27. The number of nitrogens with zero attached hydrogens (tertiary/aromatic N) is 2. The van der Waals surface area contributed by atoms with E-state index in [2.05, 4.69) is 23.3 Å². The molecule has 1 rings (SSSR count). The summed E-state index contributed by atoms with van der Waals surface area (Å²) in [5.74, 6) is 2.38. The fourth-order valence-electron chi connectivity index (χ4n) is 1.22. The fourth-order valence-corrected chi connectivity index (χ4v) is 1.71. The summed E-state index contributed by atoms with van der Waals surface area (Å²) in [4.78, 5) is 4.29. The summed E-state index contributed by atoms with van der Waals surface area (Å²) in [6, 6.07) is -0.111. The van der Waals surface area contributed by atoms with Crippen LogP contribution in [0.2, 0.25) is 0 Å². The number of nitrogens with two attached hydrogens (primary N) is 1. The summed E-state index contributed by atoms with van der Waals surface area (Å²) < 4.78 is 5.13. The molecule has 0 spiro atoms. The first kappa shape index (κ1) is 12.5. The molecule has 86 valence electrons. The molecule has 0 amide bonds.